The molecule has 1 unspecified atom stereocenters. The van der Waals surface area contributed by atoms with Crippen molar-refractivity contribution in [3.63, 3.8) is 0 Å². The first-order valence-electron chi connectivity index (χ1n) is 11.0. The quantitative estimate of drug-likeness (QED) is 0.368. The number of anilines is 1. The minimum absolute atomic E-state index is 0.0465. The van der Waals surface area contributed by atoms with E-state index < -0.39 is 18.0 Å². The van der Waals surface area contributed by atoms with Crippen molar-refractivity contribution >= 4 is 17.6 Å². The van der Waals surface area contributed by atoms with Crippen LogP contribution >= 0.6 is 0 Å². The molecule has 32 heavy (non-hydrogen) atoms. The molecule has 1 atom stereocenters. The summed E-state index contributed by atoms with van der Waals surface area (Å²) < 4.78 is 0. The van der Waals surface area contributed by atoms with E-state index >= 15 is 0 Å². The molecule has 0 fully saturated rings. The van der Waals surface area contributed by atoms with Crippen LogP contribution < -0.4 is 11.1 Å². The van der Waals surface area contributed by atoms with Gasteiger partial charge in [-0.2, -0.15) is 0 Å². The highest BCUT2D eigenvalue weighted by Crippen LogP contribution is 2.15. The van der Waals surface area contributed by atoms with Gasteiger partial charge in [-0.15, -0.1) is 0 Å². The topological polar surface area (TPSA) is 129 Å². The molecule has 0 radical (unpaired) electrons. The molecular formula is C24H36N4O4. The molecule has 0 spiro atoms. The van der Waals surface area contributed by atoms with Crippen LogP contribution in [0.1, 0.15) is 50.2 Å². The predicted molar refractivity (Wildman–Crippen MR) is 127 cm³/mol. The van der Waals surface area contributed by atoms with Crippen LogP contribution in [0.3, 0.4) is 0 Å². The van der Waals surface area contributed by atoms with Crippen LogP contribution in [-0.2, 0) is 22.4 Å². The lowest BCUT2D eigenvalue weighted by Gasteiger charge is -2.21. The fraction of sp³-hybridized carbons (Fsp3) is 0.458. The Bertz CT molecular complexity index is 808. The molecule has 176 valence electrons. The average Bonchev–Trinajstić information content (AvgIpc) is 2.77. The molecule has 0 aliphatic heterocycles. The molecule has 0 amide bonds. The van der Waals surface area contributed by atoms with E-state index in [1.165, 1.54) is 11.4 Å². The van der Waals surface area contributed by atoms with Gasteiger partial charge in [0.25, 0.3) is 0 Å². The molecule has 0 saturated heterocycles. The monoisotopic (exact) mass is 444 g/mol. The number of nitrogens with two attached hydrogens (primary N) is 1. The second kappa shape index (κ2) is 14.9. The summed E-state index contributed by atoms with van der Waals surface area (Å²) in [5, 5.41) is 21.1. The third kappa shape index (κ3) is 10.4. The van der Waals surface area contributed by atoms with Gasteiger partial charge in [0.1, 0.15) is 6.04 Å². The Balaban J connectivity index is 0.000000425. The zero-order chi connectivity index (χ0) is 23.9. The Morgan fingerprint density at radius 3 is 2.06 bits per heavy atom. The lowest BCUT2D eigenvalue weighted by molar-refractivity contribution is -0.140. The molecule has 0 bridgehead atoms. The number of nitrogens with zero attached hydrogens (tertiary/aromatic N) is 2. The smallest absolute Gasteiger partial charge is 0.325 e. The standard InChI is InChI=1S/C15H23N3O4.C9H13N/c1-2-8-18(10-13(19)20)9-7-17-14(15(21)22)11-3-5-12(16)6-4-11;1-3-8-6-5-7-9(4-2)10-8/h3-6,14,17H,2,7-10,16H2,1H3,(H,19,20)(H,21,22);5-7H,3-4H2,1-2H3. The number of nitrogens with one attached hydrogen (secondary N) is 1. The number of rotatable bonds is 12. The average molecular weight is 445 g/mol. The van der Waals surface area contributed by atoms with Gasteiger partial charge in [0.2, 0.25) is 0 Å². The van der Waals surface area contributed by atoms with E-state index in [0.29, 0.717) is 30.9 Å². The molecular weight excluding hydrogens is 408 g/mol. The highest BCUT2D eigenvalue weighted by molar-refractivity contribution is 5.75. The summed E-state index contributed by atoms with van der Waals surface area (Å²) >= 11 is 0. The Morgan fingerprint density at radius 1 is 1.00 bits per heavy atom. The third-order valence-electron chi connectivity index (χ3n) is 4.78. The molecule has 0 aliphatic carbocycles. The number of benzene rings is 1. The lowest BCUT2D eigenvalue weighted by Crippen LogP contribution is -2.39. The van der Waals surface area contributed by atoms with E-state index in [1.54, 1.807) is 29.2 Å². The molecule has 1 heterocycles. The molecule has 1 aromatic carbocycles. The van der Waals surface area contributed by atoms with Gasteiger partial charge in [0.15, 0.2) is 0 Å². The zero-order valence-corrected chi connectivity index (χ0v) is 19.3. The van der Waals surface area contributed by atoms with Crippen molar-refractivity contribution in [3.8, 4) is 0 Å². The number of aromatic nitrogens is 1. The zero-order valence-electron chi connectivity index (χ0n) is 19.3. The summed E-state index contributed by atoms with van der Waals surface area (Å²) in [7, 11) is 0. The van der Waals surface area contributed by atoms with Crippen molar-refractivity contribution in [2.24, 2.45) is 0 Å². The van der Waals surface area contributed by atoms with Gasteiger partial charge in [0, 0.05) is 30.2 Å². The summed E-state index contributed by atoms with van der Waals surface area (Å²) in [5.74, 6) is -1.87. The highest BCUT2D eigenvalue weighted by Gasteiger charge is 2.19. The normalized spacial score (nSPS) is 11.5. The number of carboxylic acid groups (broad SMARTS) is 2. The lowest BCUT2D eigenvalue weighted by atomic mass is 10.1. The Kier molecular flexibility index (Phi) is 12.6. The van der Waals surface area contributed by atoms with Crippen LogP contribution in [0.4, 0.5) is 5.69 Å². The molecule has 1 aromatic heterocycles. The maximum atomic E-state index is 11.4. The molecule has 2 rings (SSSR count). The Labute approximate surface area is 190 Å². The van der Waals surface area contributed by atoms with Gasteiger partial charge < -0.3 is 15.9 Å². The fourth-order valence-electron chi connectivity index (χ4n) is 3.10. The van der Waals surface area contributed by atoms with E-state index in [1.807, 2.05) is 6.92 Å². The van der Waals surface area contributed by atoms with E-state index in [2.05, 4.69) is 42.3 Å². The maximum Gasteiger partial charge on any atom is 0.325 e. The number of hydrogen-bond donors (Lipinski definition) is 4. The third-order valence-corrected chi connectivity index (χ3v) is 4.78. The van der Waals surface area contributed by atoms with Crippen molar-refractivity contribution in [2.45, 2.75) is 46.1 Å². The molecule has 5 N–H and O–H groups in total. The number of hydrogen-bond acceptors (Lipinski definition) is 6. The number of aliphatic carboxylic acids is 2. The fourth-order valence-corrected chi connectivity index (χ4v) is 3.10. The van der Waals surface area contributed by atoms with Gasteiger partial charge in [0.05, 0.1) is 6.54 Å². The predicted octanol–water partition coefficient (Wildman–Crippen LogP) is 2.99. The molecule has 2 aromatic rings. The summed E-state index contributed by atoms with van der Waals surface area (Å²) in [6, 6.07) is 12.0. The number of carboxylic acids is 2. The van der Waals surface area contributed by atoms with E-state index in [4.69, 9.17) is 10.8 Å². The van der Waals surface area contributed by atoms with E-state index in [0.717, 1.165) is 19.3 Å². The first-order valence-corrected chi connectivity index (χ1v) is 11.0. The summed E-state index contributed by atoms with van der Waals surface area (Å²) in [6.45, 7) is 7.69. The number of carbonyl (C=O) groups is 2. The van der Waals surface area contributed by atoms with Crippen LogP contribution in [0.25, 0.3) is 0 Å². The van der Waals surface area contributed by atoms with Crippen molar-refractivity contribution in [2.75, 3.05) is 31.9 Å². The van der Waals surface area contributed by atoms with Crippen molar-refractivity contribution < 1.29 is 19.8 Å². The van der Waals surface area contributed by atoms with Gasteiger partial charge in [-0.05, 0) is 55.6 Å². The van der Waals surface area contributed by atoms with E-state index in [9.17, 15) is 14.7 Å². The maximum absolute atomic E-state index is 11.4. The van der Waals surface area contributed by atoms with Crippen molar-refractivity contribution in [3.05, 3.63) is 59.4 Å². The number of pyridine rings is 1. The van der Waals surface area contributed by atoms with E-state index in [-0.39, 0.29) is 6.54 Å². The van der Waals surface area contributed by atoms with Crippen molar-refractivity contribution in [1.29, 1.82) is 0 Å². The van der Waals surface area contributed by atoms with Crippen LogP contribution in [0.2, 0.25) is 0 Å². The van der Waals surface area contributed by atoms with Crippen molar-refractivity contribution in [1.82, 2.24) is 15.2 Å². The summed E-state index contributed by atoms with van der Waals surface area (Å²) in [6.07, 6.45) is 2.91. The van der Waals surface area contributed by atoms with Gasteiger partial charge >= 0.3 is 11.9 Å². The van der Waals surface area contributed by atoms with Crippen LogP contribution in [0.15, 0.2) is 42.5 Å². The van der Waals surface area contributed by atoms with Gasteiger partial charge in [-0.1, -0.05) is 39.0 Å². The van der Waals surface area contributed by atoms with Gasteiger partial charge in [-0.3, -0.25) is 24.8 Å². The second-order valence-electron chi connectivity index (χ2n) is 7.39. The molecule has 8 nitrogen and oxygen atoms in total. The molecule has 8 heteroatoms. The first kappa shape index (κ1) is 27.1. The number of aryl methyl sites for hydroxylation is 2. The minimum Gasteiger partial charge on any atom is -0.480 e. The van der Waals surface area contributed by atoms with Crippen LogP contribution in [-0.4, -0.2) is 58.2 Å². The minimum atomic E-state index is -0.981. The molecule has 0 aliphatic rings. The second-order valence-corrected chi connectivity index (χ2v) is 7.39. The summed E-state index contributed by atoms with van der Waals surface area (Å²) in [5.41, 5.74) is 9.17. The summed E-state index contributed by atoms with van der Waals surface area (Å²) in [4.78, 5) is 28.3. The van der Waals surface area contributed by atoms with Crippen LogP contribution in [0, 0.1) is 0 Å². The van der Waals surface area contributed by atoms with Gasteiger partial charge in [-0.25, -0.2) is 0 Å². The SMILES string of the molecule is CCCN(CCNC(C(=O)O)c1ccc(N)cc1)CC(=O)O.CCc1cccc(CC)n1. The molecule has 0 saturated carbocycles. The number of nitrogen functional groups attached to an aromatic ring is 1. The van der Waals surface area contributed by atoms with Crippen LogP contribution in [0.5, 0.6) is 0 Å². The Morgan fingerprint density at radius 2 is 1.59 bits per heavy atom. The highest BCUT2D eigenvalue weighted by atomic mass is 16.4. The Hall–Kier alpha value is -2.97. The first-order chi connectivity index (χ1) is 15.3. The largest absolute Gasteiger partial charge is 0.480 e.